The lowest BCUT2D eigenvalue weighted by molar-refractivity contribution is -0.128. The van der Waals surface area contributed by atoms with Gasteiger partial charge in [0.2, 0.25) is 0 Å². The van der Waals surface area contributed by atoms with Crippen LogP contribution in [0.1, 0.15) is 62.2 Å². The van der Waals surface area contributed by atoms with Crippen molar-refractivity contribution in [1.82, 2.24) is 34.7 Å². The van der Waals surface area contributed by atoms with Crippen molar-refractivity contribution in [2.24, 2.45) is 0 Å². The van der Waals surface area contributed by atoms with Crippen molar-refractivity contribution in [3.8, 4) is 17.3 Å². The normalized spacial score (nSPS) is 24.3. The van der Waals surface area contributed by atoms with E-state index < -0.39 is 35.8 Å². The van der Waals surface area contributed by atoms with Crippen LogP contribution in [0, 0.1) is 19.7 Å². The molecule has 10 nitrogen and oxygen atoms in total. The number of alkyl halides is 1. The van der Waals surface area contributed by atoms with Crippen molar-refractivity contribution in [3.05, 3.63) is 69.9 Å². The fourth-order valence-corrected chi connectivity index (χ4v) is 8.16. The molecular formula is C37H38ClF3N8O2. The zero-order valence-electron chi connectivity index (χ0n) is 29.4. The molecule has 0 radical (unpaired) electrons. The highest BCUT2D eigenvalue weighted by Gasteiger charge is 2.49. The molecule has 0 N–H and O–H groups in total. The van der Waals surface area contributed by atoms with Gasteiger partial charge in [0.15, 0.2) is 11.6 Å². The molecule has 3 atom stereocenters. The first-order valence-electron chi connectivity index (χ1n) is 17.9. The second-order valence-corrected chi connectivity index (χ2v) is 14.4. The Morgan fingerprint density at radius 1 is 1.16 bits per heavy atom. The van der Waals surface area contributed by atoms with E-state index in [0.717, 1.165) is 48.8 Å². The van der Waals surface area contributed by atoms with Gasteiger partial charge in [-0.3, -0.25) is 14.7 Å². The van der Waals surface area contributed by atoms with Gasteiger partial charge < -0.3 is 14.5 Å². The van der Waals surface area contributed by atoms with Crippen LogP contribution in [0.2, 0.25) is 5.02 Å². The number of rotatable bonds is 8. The van der Waals surface area contributed by atoms with E-state index in [-0.39, 0.29) is 60.9 Å². The smallest absolute Gasteiger partial charge is 0.319 e. The van der Waals surface area contributed by atoms with Gasteiger partial charge in [-0.25, -0.2) is 23.1 Å². The molecule has 0 spiro atoms. The number of nitrogens with zero attached hydrogens (tertiary/aromatic N) is 8. The van der Waals surface area contributed by atoms with Crippen LogP contribution < -0.4 is 9.64 Å². The Labute approximate surface area is 300 Å². The summed E-state index contributed by atoms with van der Waals surface area (Å²) >= 11 is 6.60. The van der Waals surface area contributed by atoms with Crippen LogP contribution in [-0.2, 0) is 4.79 Å². The highest BCUT2D eigenvalue weighted by atomic mass is 35.5. The van der Waals surface area contributed by atoms with Crippen LogP contribution in [0.4, 0.5) is 19.0 Å². The van der Waals surface area contributed by atoms with E-state index in [4.69, 9.17) is 22.7 Å². The lowest BCUT2D eigenvalue weighted by atomic mass is 9.95. The number of carbonyl (C=O) groups excluding carboxylic acids is 1. The fraction of sp³-hybridized carbons (Fsp3) is 0.459. The topological polar surface area (TPSA) is 100 Å². The molecule has 1 saturated carbocycles. The number of pyridine rings is 1. The molecule has 8 rings (SSSR count). The largest absolute Gasteiger partial charge is 0.461 e. The Morgan fingerprint density at radius 3 is 2.78 bits per heavy atom. The highest BCUT2D eigenvalue weighted by Crippen LogP contribution is 2.48. The first-order chi connectivity index (χ1) is 25.0. The third-order valence-electron chi connectivity index (χ3n) is 10.3. The van der Waals surface area contributed by atoms with E-state index in [0.29, 0.717) is 40.5 Å². The number of carbonyl (C=O) groups is 1. The summed E-state index contributed by atoms with van der Waals surface area (Å²) in [5.74, 6) is -1.70. The number of aromatic nitrogens is 5. The summed E-state index contributed by atoms with van der Waals surface area (Å²) in [6, 6.07) is 6.85. The number of halogens is 4. The van der Waals surface area contributed by atoms with E-state index in [1.165, 1.54) is 6.20 Å². The van der Waals surface area contributed by atoms with Gasteiger partial charge in [0, 0.05) is 67.7 Å². The maximum atomic E-state index is 16.8. The Bertz CT molecular complexity index is 2080. The number of benzene rings is 1. The van der Waals surface area contributed by atoms with E-state index in [1.807, 2.05) is 0 Å². The Balaban J connectivity index is 1.12. The maximum absolute atomic E-state index is 16.8. The monoisotopic (exact) mass is 719 g/mol. The summed E-state index contributed by atoms with van der Waals surface area (Å²) < 4.78 is 61.6. The third kappa shape index (κ3) is 6.50. The molecule has 4 aliphatic rings. The molecule has 3 aromatic heterocycles. The first-order valence-corrected chi connectivity index (χ1v) is 17.7. The molecule has 1 amide bonds. The Morgan fingerprint density at radius 2 is 2.00 bits per heavy atom. The molecular weight excluding hydrogens is 681 g/mol. The minimum absolute atomic E-state index is 0.00497. The number of ether oxygens (including phenoxy) is 1. The standard InChI is InChI=1S/C37H38ClF3N8O2/c1-21-15-25(44-22(2)43-21)16-29(40)35(50)48-13-11-47(12-14-48)34-27-18-42-32(26-5-3-6-28(38)30(26)23-7-8-23)31(41)33(27)45-36(46-34)51-20-37-9-4-10-49(37)19-24(39)17-37/h3,5-6,15-16,18,23-24H,4,7-14,17,19-20H2,1-2H3/b29-16-/t24-,37+/m1/s1/i13D/t13-,24+,37-/m0. The Hall–Kier alpha value is -4.36. The van der Waals surface area contributed by atoms with Crippen molar-refractivity contribution in [2.45, 2.75) is 63.6 Å². The van der Waals surface area contributed by atoms with E-state index in [9.17, 15) is 9.18 Å². The van der Waals surface area contributed by atoms with Gasteiger partial charge in [-0.1, -0.05) is 23.7 Å². The number of hydrogen-bond acceptors (Lipinski definition) is 9. The molecule has 0 unspecified atom stereocenters. The SMILES string of the molecule is [2H][C@H]1CN(c2nc(OC[C@@]34CCCN3C[C@H](F)C4)nc3c(F)c(-c4cccc(Cl)c4C4CC4)ncc23)CCN1C(=O)/C(F)=C/c1cc(C)nc(C)n1. The van der Waals surface area contributed by atoms with Crippen LogP contribution in [0.3, 0.4) is 0 Å². The number of piperazine rings is 1. The average molecular weight is 720 g/mol. The van der Waals surface area contributed by atoms with Gasteiger partial charge in [-0.2, -0.15) is 9.97 Å². The maximum Gasteiger partial charge on any atom is 0.319 e. The fourth-order valence-electron chi connectivity index (χ4n) is 7.83. The van der Waals surface area contributed by atoms with Gasteiger partial charge in [-0.15, -0.1) is 0 Å². The first kappa shape index (κ1) is 32.5. The van der Waals surface area contributed by atoms with E-state index in [2.05, 4.69) is 24.8 Å². The molecule has 1 aliphatic carbocycles. The second kappa shape index (κ2) is 13.3. The van der Waals surface area contributed by atoms with Gasteiger partial charge >= 0.3 is 6.01 Å². The quantitative estimate of drug-likeness (QED) is 0.192. The third-order valence-corrected chi connectivity index (χ3v) is 10.7. The van der Waals surface area contributed by atoms with Crippen molar-refractivity contribution in [3.63, 3.8) is 0 Å². The highest BCUT2D eigenvalue weighted by molar-refractivity contribution is 6.32. The van der Waals surface area contributed by atoms with Gasteiger partial charge in [0.1, 0.15) is 35.6 Å². The molecule has 3 aliphatic heterocycles. The minimum atomic E-state index is -1.18. The Kier molecular flexibility index (Phi) is 8.50. The number of fused-ring (bicyclic) bond motifs is 2. The van der Waals surface area contributed by atoms with E-state index >= 15 is 8.78 Å². The zero-order chi connectivity index (χ0) is 36.3. The molecule has 14 heteroatoms. The molecule has 4 aromatic rings. The summed E-state index contributed by atoms with van der Waals surface area (Å²) in [4.78, 5) is 40.4. The lowest BCUT2D eigenvalue weighted by Gasteiger charge is -2.35. The summed E-state index contributed by atoms with van der Waals surface area (Å²) in [5.41, 5.74) is 1.94. The predicted octanol–water partition coefficient (Wildman–Crippen LogP) is 6.38. The summed E-state index contributed by atoms with van der Waals surface area (Å²) in [7, 11) is 0. The van der Waals surface area contributed by atoms with Crippen LogP contribution in [0.5, 0.6) is 6.01 Å². The summed E-state index contributed by atoms with van der Waals surface area (Å²) in [6.07, 6.45) is 5.55. The number of aryl methyl sites for hydroxylation is 2. The zero-order valence-corrected chi connectivity index (χ0v) is 29.1. The van der Waals surface area contributed by atoms with Crippen molar-refractivity contribution >= 4 is 40.3 Å². The minimum Gasteiger partial charge on any atom is -0.461 e. The predicted molar refractivity (Wildman–Crippen MR) is 188 cm³/mol. The molecule has 266 valence electrons. The molecule has 6 heterocycles. The molecule has 4 fully saturated rings. The van der Waals surface area contributed by atoms with Gasteiger partial charge in [0.25, 0.3) is 5.91 Å². The lowest BCUT2D eigenvalue weighted by Crippen LogP contribution is -2.49. The number of amides is 1. The second-order valence-electron chi connectivity index (χ2n) is 14.0. The molecule has 3 saturated heterocycles. The summed E-state index contributed by atoms with van der Waals surface area (Å²) in [6.45, 7) is 3.62. The van der Waals surface area contributed by atoms with Crippen LogP contribution in [-0.4, -0.2) is 98.2 Å². The van der Waals surface area contributed by atoms with Crippen molar-refractivity contribution < 1.29 is 24.1 Å². The number of anilines is 1. The molecule has 0 bridgehead atoms. The van der Waals surface area contributed by atoms with Crippen LogP contribution in [0.25, 0.3) is 28.2 Å². The number of hydrogen-bond donors (Lipinski definition) is 0. The molecule has 1 aromatic carbocycles. The van der Waals surface area contributed by atoms with Gasteiger partial charge in [0.05, 0.1) is 18.0 Å². The average Bonchev–Trinajstić information content (AvgIpc) is 3.79. The molecule has 51 heavy (non-hydrogen) atoms. The van der Waals surface area contributed by atoms with Crippen molar-refractivity contribution in [1.29, 1.82) is 0 Å². The van der Waals surface area contributed by atoms with Crippen LogP contribution >= 0.6 is 11.6 Å². The van der Waals surface area contributed by atoms with E-state index in [1.54, 1.807) is 43.0 Å². The summed E-state index contributed by atoms with van der Waals surface area (Å²) in [5, 5.41) is 0.848. The van der Waals surface area contributed by atoms with Crippen LogP contribution in [0.15, 0.2) is 36.3 Å². The van der Waals surface area contributed by atoms with Gasteiger partial charge in [-0.05, 0) is 69.7 Å². The van der Waals surface area contributed by atoms with Crippen molar-refractivity contribution in [2.75, 3.05) is 50.8 Å².